The minimum absolute atomic E-state index is 0.339. The fourth-order valence-electron chi connectivity index (χ4n) is 2.69. The van der Waals surface area contributed by atoms with Gasteiger partial charge in [0.2, 0.25) is 0 Å². The SMILES string of the molecule is c1cc(C2CNCC[N]2)ccc1CN1CCOCC1. The zero-order valence-corrected chi connectivity index (χ0v) is 11.3. The first kappa shape index (κ1) is 13.1. The Morgan fingerprint density at radius 2 is 2.00 bits per heavy atom. The summed E-state index contributed by atoms with van der Waals surface area (Å²) in [6, 6.07) is 9.30. The molecule has 2 saturated heterocycles. The van der Waals surface area contributed by atoms with E-state index in [-0.39, 0.29) is 0 Å². The Bertz CT molecular complexity index is 381. The molecule has 1 atom stereocenters. The Labute approximate surface area is 115 Å². The average molecular weight is 260 g/mol. The minimum Gasteiger partial charge on any atom is -0.379 e. The molecule has 0 saturated carbocycles. The highest BCUT2D eigenvalue weighted by molar-refractivity contribution is 5.25. The van der Waals surface area contributed by atoms with E-state index in [2.05, 4.69) is 39.8 Å². The fraction of sp³-hybridized carbons (Fsp3) is 0.600. The third-order valence-electron chi connectivity index (χ3n) is 3.85. The molecule has 103 valence electrons. The first-order valence-electron chi connectivity index (χ1n) is 7.18. The summed E-state index contributed by atoms with van der Waals surface area (Å²) in [6.45, 7) is 7.78. The van der Waals surface area contributed by atoms with Crippen molar-refractivity contribution in [2.75, 3.05) is 45.9 Å². The van der Waals surface area contributed by atoms with Crippen molar-refractivity contribution in [1.82, 2.24) is 15.5 Å². The lowest BCUT2D eigenvalue weighted by Gasteiger charge is -2.27. The smallest absolute Gasteiger partial charge is 0.0620 e. The van der Waals surface area contributed by atoms with Crippen LogP contribution in [0.15, 0.2) is 24.3 Å². The molecule has 2 aliphatic heterocycles. The molecule has 2 aliphatic rings. The molecule has 4 heteroatoms. The van der Waals surface area contributed by atoms with Crippen molar-refractivity contribution in [3.63, 3.8) is 0 Å². The van der Waals surface area contributed by atoms with Gasteiger partial charge in [-0.05, 0) is 11.1 Å². The van der Waals surface area contributed by atoms with Crippen molar-refractivity contribution < 1.29 is 4.74 Å². The zero-order chi connectivity index (χ0) is 12.9. The van der Waals surface area contributed by atoms with Gasteiger partial charge in [0.1, 0.15) is 0 Å². The number of nitrogens with one attached hydrogen (secondary N) is 1. The van der Waals surface area contributed by atoms with Crippen LogP contribution in [0.5, 0.6) is 0 Å². The number of morpholine rings is 1. The van der Waals surface area contributed by atoms with Crippen LogP contribution in [0.4, 0.5) is 0 Å². The maximum atomic E-state index is 5.37. The molecule has 2 fully saturated rings. The number of benzene rings is 1. The number of rotatable bonds is 3. The summed E-state index contributed by atoms with van der Waals surface area (Å²) in [5.74, 6) is 0. The predicted molar refractivity (Wildman–Crippen MR) is 75.1 cm³/mol. The van der Waals surface area contributed by atoms with Crippen molar-refractivity contribution >= 4 is 0 Å². The molecule has 3 rings (SSSR count). The maximum Gasteiger partial charge on any atom is 0.0620 e. The highest BCUT2D eigenvalue weighted by Gasteiger charge is 2.15. The Morgan fingerprint density at radius 3 is 2.68 bits per heavy atom. The second-order valence-electron chi connectivity index (χ2n) is 5.26. The highest BCUT2D eigenvalue weighted by atomic mass is 16.5. The predicted octanol–water partition coefficient (Wildman–Crippen LogP) is 0.767. The molecule has 4 nitrogen and oxygen atoms in total. The first-order chi connectivity index (χ1) is 9.42. The van der Waals surface area contributed by atoms with Crippen molar-refractivity contribution in [2.45, 2.75) is 12.6 Å². The Kier molecular flexibility index (Phi) is 4.45. The molecule has 0 aromatic heterocycles. The van der Waals surface area contributed by atoms with Gasteiger partial charge in [-0.3, -0.25) is 4.90 Å². The van der Waals surface area contributed by atoms with Gasteiger partial charge in [-0.1, -0.05) is 24.3 Å². The van der Waals surface area contributed by atoms with Crippen LogP contribution >= 0.6 is 0 Å². The standard InChI is InChI=1S/C15H22N3O/c1-3-14(15-11-16-5-6-17-15)4-2-13(1)12-18-7-9-19-10-8-18/h1-4,15-16H,5-12H2. The molecule has 0 amide bonds. The highest BCUT2D eigenvalue weighted by Crippen LogP contribution is 2.17. The van der Waals surface area contributed by atoms with Crippen LogP contribution in [0.25, 0.3) is 0 Å². The van der Waals surface area contributed by atoms with E-state index in [1.54, 1.807) is 0 Å². The number of hydrogen-bond donors (Lipinski definition) is 1. The molecule has 1 radical (unpaired) electrons. The van der Waals surface area contributed by atoms with Gasteiger partial charge in [-0.15, -0.1) is 0 Å². The van der Waals surface area contributed by atoms with E-state index in [1.807, 2.05) is 0 Å². The molecule has 19 heavy (non-hydrogen) atoms. The van der Waals surface area contributed by atoms with E-state index >= 15 is 0 Å². The summed E-state index contributed by atoms with van der Waals surface area (Å²) >= 11 is 0. The summed E-state index contributed by atoms with van der Waals surface area (Å²) in [5.41, 5.74) is 2.72. The lowest BCUT2D eigenvalue weighted by Crippen LogP contribution is -2.38. The number of hydrogen-bond acceptors (Lipinski definition) is 3. The fourth-order valence-corrected chi connectivity index (χ4v) is 2.69. The van der Waals surface area contributed by atoms with Crippen LogP contribution in [-0.2, 0) is 11.3 Å². The minimum atomic E-state index is 0.339. The summed E-state index contributed by atoms with van der Waals surface area (Å²) in [5, 5.41) is 8.05. The van der Waals surface area contributed by atoms with Gasteiger partial charge < -0.3 is 10.1 Å². The quantitative estimate of drug-likeness (QED) is 0.872. The van der Waals surface area contributed by atoms with Crippen LogP contribution in [0, 0.1) is 0 Å². The lowest BCUT2D eigenvalue weighted by atomic mass is 10.0. The Hall–Kier alpha value is -0.940. The summed E-state index contributed by atoms with van der Waals surface area (Å²) < 4.78 is 5.37. The van der Waals surface area contributed by atoms with E-state index in [9.17, 15) is 0 Å². The molecule has 1 aromatic rings. The van der Waals surface area contributed by atoms with Gasteiger partial charge in [-0.2, -0.15) is 0 Å². The van der Waals surface area contributed by atoms with Gasteiger partial charge in [0.25, 0.3) is 0 Å². The Balaban J connectivity index is 1.58. The third kappa shape index (κ3) is 3.54. The number of piperazine rings is 1. The van der Waals surface area contributed by atoms with Gasteiger partial charge >= 0.3 is 0 Å². The topological polar surface area (TPSA) is 38.6 Å². The van der Waals surface area contributed by atoms with Gasteiger partial charge in [0.05, 0.1) is 19.3 Å². The first-order valence-corrected chi connectivity index (χ1v) is 7.18. The van der Waals surface area contributed by atoms with E-state index in [0.29, 0.717) is 6.04 Å². The molecule has 1 aromatic carbocycles. The van der Waals surface area contributed by atoms with Crippen molar-refractivity contribution in [1.29, 1.82) is 0 Å². The molecule has 2 heterocycles. The van der Waals surface area contributed by atoms with Gasteiger partial charge in [0, 0.05) is 39.3 Å². The van der Waals surface area contributed by atoms with E-state index in [1.165, 1.54) is 11.1 Å². The largest absolute Gasteiger partial charge is 0.379 e. The Morgan fingerprint density at radius 1 is 1.21 bits per heavy atom. The summed E-state index contributed by atoms with van der Waals surface area (Å²) in [7, 11) is 0. The second-order valence-corrected chi connectivity index (χ2v) is 5.26. The van der Waals surface area contributed by atoms with Crippen molar-refractivity contribution in [3.8, 4) is 0 Å². The van der Waals surface area contributed by atoms with Crippen LogP contribution in [0.1, 0.15) is 17.2 Å². The monoisotopic (exact) mass is 260 g/mol. The summed E-state index contributed by atoms with van der Waals surface area (Å²) in [4.78, 5) is 2.45. The van der Waals surface area contributed by atoms with Gasteiger partial charge in [0.15, 0.2) is 0 Å². The lowest BCUT2D eigenvalue weighted by molar-refractivity contribution is 0.0342. The van der Waals surface area contributed by atoms with Crippen molar-refractivity contribution in [3.05, 3.63) is 35.4 Å². The molecular formula is C15H22N3O. The van der Waals surface area contributed by atoms with E-state index < -0.39 is 0 Å². The molecule has 1 unspecified atom stereocenters. The maximum absolute atomic E-state index is 5.37. The van der Waals surface area contributed by atoms with Crippen LogP contribution < -0.4 is 10.6 Å². The van der Waals surface area contributed by atoms with Crippen molar-refractivity contribution in [2.24, 2.45) is 0 Å². The van der Waals surface area contributed by atoms with Crippen LogP contribution in [0.3, 0.4) is 0 Å². The number of ether oxygens (including phenoxy) is 1. The van der Waals surface area contributed by atoms with Gasteiger partial charge in [-0.25, -0.2) is 5.32 Å². The van der Waals surface area contributed by atoms with E-state index in [0.717, 1.165) is 52.5 Å². The summed E-state index contributed by atoms with van der Waals surface area (Å²) in [6.07, 6.45) is 0. The second kappa shape index (κ2) is 6.48. The molecular weight excluding hydrogens is 238 g/mol. The normalized spacial score (nSPS) is 25.4. The molecule has 0 bridgehead atoms. The number of nitrogens with zero attached hydrogens (tertiary/aromatic N) is 2. The molecule has 1 N–H and O–H groups in total. The van der Waals surface area contributed by atoms with Crippen LogP contribution in [-0.4, -0.2) is 50.8 Å². The van der Waals surface area contributed by atoms with Crippen LogP contribution in [0.2, 0.25) is 0 Å². The van der Waals surface area contributed by atoms with E-state index in [4.69, 9.17) is 4.74 Å². The molecule has 0 aliphatic carbocycles. The zero-order valence-electron chi connectivity index (χ0n) is 11.3. The molecule has 0 spiro atoms. The third-order valence-corrected chi connectivity index (χ3v) is 3.85. The average Bonchev–Trinajstić information content (AvgIpc) is 2.50.